The van der Waals surface area contributed by atoms with Gasteiger partial charge in [-0.05, 0) is 34.6 Å². The number of ether oxygens (including phenoxy) is 1. The van der Waals surface area contributed by atoms with Gasteiger partial charge in [0.25, 0.3) is 0 Å². The molecule has 0 aromatic carbocycles. The molecule has 100 valence electrons. The number of nitrogens with zero attached hydrogens (tertiary/aromatic N) is 2. The minimum atomic E-state index is -0.428. The van der Waals surface area contributed by atoms with Crippen LogP contribution in [0.1, 0.15) is 34.6 Å². The Morgan fingerprint density at radius 1 is 1.12 bits per heavy atom. The molecule has 5 nitrogen and oxygen atoms in total. The summed E-state index contributed by atoms with van der Waals surface area (Å²) in [6.07, 6.45) is -0.0511. The molecule has 0 bridgehead atoms. The summed E-state index contributed by atoms with van der Waals surface area (Å²) in [5.74, 6) is 0. The molecule has 0 N–H and O–H groups in total. The highest BCUT2D eigenvalue weighted by molar-refractivity contribution is 5.68. The highest BCUT2D eigenvalue weighted by Gasteiger charge is 2.26. The fourth-order valence-corrected chi connectivity index (χ4v) is 1.60. The molecule has 0 radical (unpaired) electrons. The van der Waals surface area contributed by atoms with Crippen LogP contribution in [-0.2, 0) is 9.57 Å². The first-order valence-corrected chi connectivity index (χ1v) is 6.17. The van der Waals surface area contributed by atoms with Crippen LogP contribution in [0, 0.1) is 0 Å². The summed E-state index contributed by atoms with van der Waals surface area (Å²) in [5.41, 5.74) is -0.428. The van der Waals surface area contributed by atoms with Crippen molar-refractivity contribution < 1.29 is 14.4 Å². The van der Waals surface area contributed by atoms with Gasteiger partial charge >= 0.3 is 6.09 Å². The molecule has 0 aromatic rings. The molecule has 1 fully saturated rings. The van der Waals surface area contributed by atoms with E-state index in [2.05, 4.69) is 0 Å². The standard InChI is InChI=1S/C12H24N2O3/c1-10(2)17-14-8-6-13(7-9-14)11(15)16-12(3,4)5/h10H,6-9H2,1-5H3. The van der Waals surface area contributed by atoms with E-state index in [1.807, 2.05) is 39.7 Å². The van der Waals surface area contributed by atoms with Crippen molar-refractivity contribution in [3.8, 4) is 0 Å². The lowest BCUT2D eigenvalue weighted by atomic mass is 10.2. The number of hydrogen-bond acceptors (Lipinski definition) is 4. The summed E-state index contributed by atoms with van der Waals surface area (Å²) in [4.78, 5) is 19.1. The minimum Gasteiger partial charge on any atom is -0.444 e. The van der Waals surface area contributed by atoms with E-state index in [4.69, 9.17) is 9.57 Å². The second-order valence-electron chi connectivity index (χ2n) is 5.55. The Morgan fingerprint density at radius 3 is 2.06 bits per heavy atom. The smallest absolute Gasteiger partial charge is 0.410 e. The molecule has 0 aliphatic carbocycles. The molecule has 1 aliphatic heterocycles. The molecule has 5 heteroatoms. The van der Waals surface area contributed by atoms with Crippen LogP contribution in [-0.4, -0.2) is 53.9 Å². The van der Waals surface area contributed by atoms with E-state index < -0.39 is 5.60 Å². The second-order valence-corrected chi connectivity index (χ2v) is 5.55. The van der Waals surface area contributed by atoms with E-state index in [1.165, 1.54) is 0 Å². The maximum atomic E-state index is 11.8. The first-order chi connectivity index (χ1) is 7.78. The fraction of sp³-hybridized carbons (Fsp3) is 0.917. The second kappa shape index (κ2) is 5.69. The molecular formula is C12H24N2O3. The summed E-state index contributed by atoms with van der Waals surface area (Å²) in [6.45, 7) is 12.4. The van der Waals surface area contributed by atoms with Gasteiger partial charge in [0, 0.05) is 26.2 Å². The van der Waals surface area contributed by atoms with Crippen LogP contribution < -0.4 is 0 Å². The summed E-state index contributed by atoms with van der Waals surface area (Å²) < 4.78 is 5.32. The van der Waals surface area contributed by atoms with Crippen molar-refractivity contribution in [1.29, 1.82) is 0 Å². The maximum Gasteiger partial charge on any atom is 0.410 e. The van der Waals surface area contributed by atoms with E-state index in [9.17, 15) is 4.79 Å². The van der Waals surface area contributed by atoms with Crippen LogP contribution in [0.5, 0.6) is 0 Å². The van der Waals surface area contributed by atoms with Gasteiger partial charge in [-0.25, -0.2) is 4.79 Å². The van der Waals surface area contributed by atoms with Crippen LogP contribution in [0.4, 0.5) is 4.79 Å². The summed E-state index contributed by atoms with van der Waals surface area (Å²) >= 11 is 0. The number of carbonyl (C=O) groups is 1. The first-order valence-electron chi connectivity index (χ1n) is 6.17. The lowest BCUT2D eigenvalue weighted by Crippen LogP contribution is -2.50. The molecule has 1 aliphatic rings. The third-order valence-electron chi connectivity index (χ3n) is 2.25. The van der Waals surface area contributed by atoms with E-state index in [0.29, 0.717) is 13.1 Å². The SMILES string of the molecule is CC(C)ON1CCN(C(=O)OC(C)(C)C)CC1. The number of carbonyl (C=O) groups excluding carboxylic acids is 1. The number of hydroxylamine groups is 2. The van der Waals surface area contributed by atoms with Crippen LogP contribution in [0.2, 0.25) is 0 Å². The maximum absolute atomic E-state index is 11.8. The van der Waals surface area contributed by atoms with Gasteiger partial charge in [0.05, 0.1) is 6.10 Å². The molecule has 0 spiro atoms. The van der Waals surface area contributed by atoms with E-state index in [1.54, 1.807) is 4.90 Å². The molecule has 0 saturated carbocycles. The third kappa shape index (κ3) is 5.37. The van der Waals surface area contributed by atoms with Crippen molar-refractivity contribution >= 4 is 6.09 Å². The molecule has 0 aromatic heterocycles. The molecule has 1 heterocycles. The fourth-order valence-electron chi connectivity index (χ4n) is 1.60. The van der Waals surface area contributed by atoms with Crippen LogP contribution >= 0.6 is 0 Å². The molecule has 0 atom stereocenters. The average Bonchev–Trinajstić information content (AvgIpc) is 2.15. The Bertz CT molecular complexity index is 253. The Labute approximate surface area is 104 Å². The Hall–Kier alpha value is -0.810. The van der Waals surface area contributed by atoms with Crippen LogP contribution in [0.3, 0.4) is 0 Å². The van der Waals surface area contributed by atoms with Crippen molar-refractivity contribution in [3.63, 3.8) is 0 Å². The average molecular weight is 244 g/mol. The molecule has 1 rings (SSSR count). The molecule has 1 saturated heterocycles. The van der Waals surface area contributed by atoms with Gasteiger partial charge < -0.3 is 9.64 Å². The van der Waals surface area contributed by atoms with Gasteiger partial charge in [0.2, 0.25) is 0 Å². The van der Waals surface area contributed by atoms with Crippen LogP contribution in [0.25, 0.3) is 0 Å². The Kier molecular flexibility index (Phi) is 4.77. The lowest BCUT2D eigenvalue weighted by molar-refractivity contribution is -0.200. The highest BCUT2D eigenvalue weighted by atomic mass is 16.7. The highest BCUT2D eigenvalue weighted by Crippen LogP contribution is 2.12. The van der Waals surface area contributed by atoms with E-state index in [-0.39, 0.29) is 12.2 Å². The summed E-state index contributed by atoms with van der Waals surface area (Å²) in [7, 11) is 0. The quantitative estimate of drug-likeness (QED) is 0.744. The normalized spacial score (nSPS) is 18.6. The lowest BCUT2D eigenvalue weighted by Gasteiger charge is -2.35. The molecule has 0 unspecified atom stereocenters. The summed E-state index contributed by atoms with van der Waals surface area (Å²) in [5, 5.41) is 1.91. The predicted octanol–water partition coefficient (Wildman–Crippen LogP) is 1.88. The van der Waals surface area contributed by atoms with Crippen molar-refractivity contribution in [1.82, 2.24) is 9.96 Å². The van der Waals surface area contributed by atoms with Crippen molar-refractivity contribution in [2.45, 2.75) is 46.3 Å². The van der Waals surface area contributed by atoms with Gasteiger partial charge in [-0.15, -0.1) is 0 Å². The predicted molar refractivity (Wildman–Crippen MR) is 65.6 cm³/mol. The molecule has 17 heavy (non-hydrogen) atoms. The Morgan fingerprint density at radius 2 is 1.65 bits per heavy atom. The van der Waals surface area contributed by atoms with Crippen LogP contribution in [0.15, 0.2) is 0 Å². The Balaban J connectivity index is 2.34. The van der Waals surface area contributed by atoms with Crippen molar-refractivity contribution in [2.75, 3.05) is 26.2 Å². The third-order valence-corrected chi connectivity index (χ3v) is 2.25. The van der Waals surface area contributed by atoms with Crippen molar-refractivity contribution in [2.24, 2.45) is 0 Å². The molecule has 1 amide bonds. The zero-order chi connectivity index (χ0) is 13.1. The molecular weight excluding hydrogens is 220 g/mol. The number of rotatable bonds is 2. The number of piperazine rings is 1. The minimum absolute atomic E-state index is 0.183. The van der Waals surface area contributed by atoms with Gasteiger partial charge in [-0.1, -0.05) is 0 Å². The van der Waals surface area contributed by atoms with Gasteiger partial charge in [0.1, 0.15) is 5.60 Å². The largest absolute Gasteiger partial charge is 0.444 e. The van der Waals surface area contributed by atoms with Gasteiger partial charge in [-0.2, -0.15) is 5.06 Å². The zero-order valence-electron chi connectivity index (χ0n) is 11.5. The van der Waals surface area contributed by atoms with Crippen molar-refractivity contribution in [3.05, 3.63) is 0 Å². The number of amides is 1. The monoisotopic (exact) mass is 244 g/mol. The summed E-state index contributed by atoms with van der Waals surface area (Å²) in [6, 6.07) is 0. The van der Waals surface area contributed by atoms with E-state index >= 15 is 0 Å². The topological polar surface area (TPSA) is 42.0 Å². The van der Waals surface area contributed by atoms with E-state index in [0.717, 1.165) is 13.1 Å². The van der Waals surface area contributed by atoms with Gasteiger partial charge in [0.15, 0.2) is 0 Å². The zero-order valence-corrected chi connectivity index (χ0v) is 11.5. The first kappa shape index (κ1) is 14.3. The number of hydrogen-bond donors (Lipinski definition) is 0. The van der Waals surface area contributed by atoms with Gasteiger partial charge in [-0.3, -0.25) is 4.84 Å².